The molecule has 1 aromatic carbocycles. The fourth-order valence-corrected chi connectivity index (χ4v) is 8.57. The van der Waals surface area contributed by atoms with Crippen LogP contribution in [0.3, 0.4) is 0 Å². The average Bonchev–Trinajstić information content (AvgIpc) is 3.60. The predicted octanol–water partition coefficient (Wildman–Crippen LogP) is 1.75. The zero-order chi connectivity index (χ0) is 30.7. The number of rotatable bonds is 13. The molecule has 2 atom stereocenters. The molecular formula is C23H21N6O9PS4. The van der Waals surface area contributed by atoms with Gasteiger partial charge >= 0.3 is 13.6 Å². The number of thioether (sulfide) groups is 2. The first kappa shape index (κ1) is 31.1. The van der Waals surface area contributed by atoms with Crippen molar-refractivity contribution in [3.8, 4) is 0 Å². The van der Waals surface area contributed by atoms with E-state index in [2.05, 4.69) is 25.8 Å². The van der Waals surface area contributed by atoms with Crippen LogP contribution in [0.25, 0.3) is 10.2 Å². The monoisotopic (exact) mass is 684 g/mol. The van der Waals surface area contributed by atoms with E-state index in [0.717, 1.165) is 30.8 Å². The fraction of sp³-hybridized carbons (Fsp3) is 0.261. The van der Waals surface area contributed by atoms with E-state index in [-0.39, 0.29) is 16.5 Å². The summed E-state index contributed by atoms with van der Waals surface area (Å²) in [6.45, 7) is -0.510. The van der Waals surface area contributed by atoms with E-state index < -0.39 is 55.3 Å². The molecule has 15 nitrogen and oxygen atoms in total. The number of aromatic nitrogens is 2. The highest BCUT2D eigenvalue weighted by molar-refractivity contribution is 8.02. The predicted molar refractivity (Wildman–Crippen MR) is 161 cm³/mol. The van der Waals surface area contributed by atoms with Crippen LogP contribution >= 0.6 is 53.8 Å². The van der Waals surface area contributed by atoms with Crippen molar-refractivity contribution in [3.05, 3.63) is 46.6 Å². The lowest BCUT2D eigenvalue weighted by Crippen LogP contribution is -2.71. The molecule has 1 fully saturated rings. The molecule has 0 bridgehead atoms. The van der Waals surface area contributed by atoms with Crippen LogP contribution in [0.4, 0.5) is 5.13 Å². The number of nitrogens with one attached hydrogen (secondary N) is 2. The summed E-state index contributed by atoms with van der Waals surface area (Å²) >= 11 is 5.15. The van der Waals surface area contributed by atoms with E-state index in [0.29, 0.717) is 23.5 Å². The topological polar surface area (TPSA) is 221 Å². The summed E-state index contributed by atoms with van der Waals surface area (Å²) in [6.07, 6.45) is -0.267. The number of hydrogen-bond acceptors (Lipinski definition) is 13. The smallest absolute Gasteiger partial charge is 0.352 e. The number of fused-ring (bicyclic) bond motifs is 2. The van der Waals surface area contributed by atoms with Gasteiger partial charge in [0.2, 0.25) is 6.41 Å². The number of carbonyl (C=O) groups is 4. The molecule has 226 valence electrons. The molecular weight excluding hydrogens is 664 g/mol. The summed E-state index contributed by atoms with van der Waals surface area (Å²) in [5.74, 6) is -2.17. The van der Waals surface area contributed by atoms with Gasteiger partial charge in [-0.3, -0.25) is 23.8 Å². The van der Waals surface area contributed by atoms with Crippen molar-refractivity contribution < 1.29 is 43.5 Å². The molecule has 1 saturated heterocycles. The Morgan fingerprint density at radius 2 is 2.07 bits per heavy atom. The minimum absolute atomic E-state index is 0.0248. The lowest BCUT2D eigenvalue weighted by atomic mass is 10.0. The Hall–Kier alpha value is -3.32. The Bertz CT molecular complexity index is 1670. The van der Waals surface area contributed by atoms with Crippen LogP contribution in [0, 0.1) is 0 Å². The van der Waals surface area contributed by atoms with Crippen molar-refractivity contribution in [2.75, 3.05) is 29.6 Å². The van der Waals surface area contributed by atoms with E-state index in [9.17, 15) is 28.8 Å². The van der Waals surface area contributed by atoms with Gasteiger partial charge in [-0.2, -0.15) is 0 Å². The van der Waals surface area contributed by atoms with Crippen LogP contribution < -0.4 is 10.6 Å². The Kier molecular flexibility index (Phi) is 9.50. The Balaban J connectivity index is 1.29. The highest BCUT2D eigenvalue weighted by atomic mass is 32.2. The highest BCUT2D eigenvalue weighted by Gasteiger charge is 2.54. The number of amides is 3. The van der Waals surface area contributed by atoms with E-state index in [1.165, 1.54) is 40.2 Å². The molecule has 5 N–H and O–H groups in total. The molecule has 43 heavy (non-hydrogen) atoms. The third-order valence-corrected chi connectivity index (χ3v) is 11.1. The minimum atomic E-state index is -4.39. The molecule has 4 heterocycles. The molecule has 5 rings (SSSR count). The third kappa shape index (κ3) is 7.09. The van der Waals surface area contributed by atoms with Gasteiger partial charge in [0.25, 0.3) is 11.8 Å². The fourth-order valence-electron chi connectivity index (χ4n) is 4.04. The molecule has 1 unspecified atom stereocenters. The van der Waals surface area contributed by atoms with Gasteiger partial charge in [-0.25, -0.2) is 14.8 Å². The number of β-lactam (4-membered cyclic amide) rings is 1. The Labute approximate surface area is 258 Å². The second-order valence-electron chi connectivity index (χ2n) is 8.82. The second kappa shape index (κ2) is 13.1. The first-order valence-corrected chi connectivity index (χ1v) is 17.7. The molecule has 0 spiro atoms. The standard InChI is InChI=1S/C23H21N6O9PS4/c30-10-24-22-25-13(9-41-22)15(28-38-5-6-39(35,36)37)18(31)27-16-19(32)29-17(21(33)34)11(7-40-20(16)29)8-42-23-26-12-3-1-2-4-14(12)43-23/h1-4,9-10,16,20H,5-8H2,(H,27,31)(H,33,34)(H,24,25,30)(H2,35,36,37)/t16?,20-/m0/s1. The number of benzene rings is 1. The number of hydrogen-bond donors (Lipinski definition) is 5. The molecule has 3 aromatic rings. The molecule has 3 amide bonds. The highest BCUT2D eigenvalue weighted by Crippen LogP contribution is 2.42. The van der Waals surface area contributed by atoms with Crippen LogP contribution in [-0.2, 0) is 28.6 Å². The van der Waals surface area contributed by atoms with Crippen molar-refractivity contribution in [1.82, 2.24) is 20.2 Å². The molecule has 20 heteroatoms. The number of carboxylic acid groups (broad SMARTS) is 1. The number of para-hydroxylation sites is 1. The van der Waals surface area contributed by atoms with Crippen molar-refractivity contribution >= 4 is 99.0 Å². The SMILES string of the molecule is O=CNc1nc(C(=NOCCP(=O)(O)O)C(=O)NC2C(=O)N3C(C(=O)O)=C(CSc4nc5ccccc5s4)CS[C@@H]23)cs1. The Morgan fingerprint density at radius 1 is 1.28 bits per heavy atom. The zero-order valence-corrected chi connectivity index (χ0v) is 25.8. The summed E-state index contributed by atoms with van der Waals surface area (Å²) in [4.78, 5) is 82.2. The van der Waals surface area contributed by atoms with Crippen LogP contribution in [0.2, 0.25) is 0 Å². The van der Waals surface area contributed by atoms with Gasteiger partial charge in [0.1, 0.15) is 29.4 Å². The van der Waals surface area contributed by atoms with Crippen LogP contribution in [-0.4, -0.2) is 95.4 Å². The quantitative estimate of drug-likeness (QED) is 0.0330. The summed E-state index contributed by atoms with van der Waals surface area (Å²) in [6, 6.07) is 6.56. The van der Waals surface area contributed by atoms with Crippen LogP contribution in [0.5, 0.6) is 0 Å². The maximum absolute atomic E-state index is 13.2. The van der Waals surface area contributed by atoms with Gasteiger partial charge in [-0.15, -0.1) is 34.4 Å². The van der Waals surface area contributed by atoms with Gasteiger partial charge in [-0.05, 0) is 17.7 Å². The first-order valence-electron chi connectivity index (χ1n) is 12.2. The third-order valence-electron chi connectivity index (χ3n) is 5.95. The summed E-state index contributed by atoms with van der Waals surface area (Å²) < 4.78 is 12.9. The maximum Gasteiger partial charge on any atom is 0.352 e. The number of carboxylic acids is 1. The molecule has 0 saturated carbocycles. The largest absolute Gasteiger partial charge is 0.477 e. The number of oxime groups is 1. The van der Waals surface area contributed by atoms with E-state index >= 15 is 0 Å². The van der Waals surface area contributed by atoms with Crippen molar-refractivity contribution in [2.24, 2.45) is 5.16 Å². The van der Waals surface area contributed by atoms with Crippen molar-refractivity contribution in [1.29, 1.82) is 0 Å². The van der Waals surface area contributed by atoms with E-state index in [1.54, 1.807) is 0 Å². The van der Waals surface area contributed by atoms with Gasteiger partial charge in [0.15, 0.2) is 15.2 Å². The number of nitrogens with zero attached hydrogens (tertiary/aromatic N) is 4. The normalized spacial score (nSPS) is 18.7. The number of thiazole rings is 2. The second-order valence-corrected chi connectivity index (χ2v) is 14.8. The van der Waals surface area contributed by atoms with Gasteiger partial charge < -0.3 is 30.4 Å². The summed E-state index contributed by atoms with van der Waals surface area (Å²) in [7, 11) is -4.39. The number of anilines is 1. The Morgan fingerprint density at radius 3 is 2.79 bits per heavy atom. The van der Waals surface area contributed by atoms with Gasteiger partial charge in [-0.1, -0.05) is 29.1 Å². The van der Waals surface area contributed by atoms with Gasteiger partial charge in [0.05, 0.1) is 16.4 Å². The maximum atomic E-state index is 13.2. The lowest BCUT2D eigenvalue weighted by molar-refractivity contribution is -0.150. The van der Waals surface area contributed by atoms with Gasteiger partial charge in [0, 0.05) is 16.9 Å². The zero-order valence-electron chi connectivity index (χ0n) is 21.6. The molecule has 0 aliphatic carbocycles. The minimum Gasteiger partial charge on any atom is -0.477 e. The van der Waals surface area contributed by atoms with E-state index in [4.69, 9.17) is 14.6 Å². The van der Waals surface area contributed by atoms with Crippen molar-refractivity contribution in [2.45, 2.75) is 15.8 Å². The molecule has 2 aliphatic heterocycles. The lowest BCUT2D eigenvalue weighted by Gasteiger charge is -2.49. The average molecular weight is 685 g/mol. The van der Waals surface area contributed by atoms with Crippen molar-refractivity contribution in [3.63, 3.8) is 0 Å². The molecule has 2 aromatic heterocycles. The summed E-state index contributed by atoms with van der Waals surface area (Å²) in [5, 5.41) is 19.4. The van der Waals surface area contributed by atoms with E-state index in [1.807, 2.05) is 24.3 Å². The molecule has 2 aliphatic rings. The number of carbonyl (C=O) groups excluding carboxylic acids is 3. The van der Waals surface area contributed by atoms with Crippen LogP contribution in [0.1, 0.15) is 5.69 Å². The number of aliphatic carboxylic acids is 1. The summed E-state index contributed by atoms with van der Waals surface area (Å²) in [5.41, 5.74) is 0.834. The van der Waals surface area contributed by atoms with Crippen LogP contribution in [0.15, 0.2) is 50.4 Å². The first-order chi connectivity index (χ1) is 20.6. The molecule has 0 radical (unpaired) electrons.